The van der Waals surface area contributed by atoms with Crippen molar-refractivity contribution >= 4 is 5.82 Å². The second-order valence-corrected chi connectivity index (χ2v) is 4.07. The summed E-state index contributed by atoms with van der Waals surface area (Å²) in [5.41, 5.74) is 3.25. The van der Waals surface area contributed by atoms with Gasteiger partial charge in [0.1, 0.15) is 18.0 Å². The van der Waals surface area contributed by atoms with Gasteiger partial charge in [0.2, 0.25) is 0 Å². The van der Waals surface area contributed by atoms with Gasteiger partial charge in [-0.1, -0.05) is 19.1 Å². The lowest BCUT2D eigenvalue weighted by atomic mass is 10.00. The summed E-state index contributed by atoms with van der Waals surface area (Å²) in [5, 5.41) is 3.05. The van der Waals surface area contributed by atoms with Crippen LogP contribution in [-0.4, -0.2) is 17.0 Å². The van der Waals surface area contributed by atoms with E-state index in [4.69, 9.17) is 0 Å². The van der Waals surface area contributed by atoms with Gasteiger partial charge in [-0.2, -0.15) is 0 Å². The number of hydrogen-bond donors (Lipinski definition) is 1. The van der Waals surface area contributed by atoms with Crippen molar-refractivity contribution in [3.05, 3.63) is 41.5 Å². The molecule has 0 amide bonds. The summed E-state index contributed by atoms with van der Waals surface area (Å²) in [4.78, 5) is 8.50. The summed E-state index contributed by atoms with van der Waals surface area (Å²) in [5.74, 6) is 0.588. The molecule has 0 aliphatic rings. The fourth-order valence-corrected chi connectivity index (χ4v) is 2.06. The van der Waals surface area contributed by atoms with Crippen molar-refractivity contribution in [2.24, 2.45) is 0 Å². The third-order valence-electron chi connectivity index (χ3n) is 3.06. The van der Waals surface area contributed by atoms with Crippen LogP contribution in [0.5, 0.6) is 0 Å². The molecule has 2 rings (SSSR count). The topological polar surface area (TPSA) is 37.8 Å². The minimum absolute atomic E-state index is 0.209. The molecule has 2 aromatic rings. The van der Waals surface area contributed by atoms with Crippen LogP contribution >= 0.6 is 0 Å². The molecule has 0 fully saturated rings. The van der Waals surface area contributed by atoms with Crippen LogP contribution in [0.15, 0.2) is 24.5 Å². The predicted molar refractivity (Wildman–Crippen MR) is 71.1 cm³/mol. The molecular weight excluding hydrogens is 229 g/mol. The molecule has 1 N–H and O–H groups in total. The third-order valence-corrected chi connectivity index (χ3v) is 3.06. The number of hydrogen-bond acceptors (Lipinski definition) is 3. The molecule has 1 heterocycles. The van der Waals surface area contributed by atoms with Gasteiger partial charge in [-0.3, -0.25) is 0 Å². The maximum absolute atomic E-state index is 13.6. The van der Waals surface area contributed by atoms with Gasteiger partial charge in [0.05, 0.1) is 5.69 Å². The highest BCUT2D eigenvalue weighted by molar-refractivity contribution is 5.70. The second kappa shape index (κ2) is 5.12. The molecule has 0 aliphatic heterocycles. The molecule has 0 unspecified atom stereocenters. The van der Waals surface area contributed by atoms with Gasteiger partial charge in [0.25, 0.3) is 0 Å². The van der Waals surface area contributed by atoms with Gasteiger partial charge in [-0.25, -0.2) is 14.4 Å². The zero-order chi connectivity index (χ0) is 13.1. The number of halogens is 1. The number of benzene rings is 1. The van der Waals surface area contributed by atoms with Gasteiger partial charge in [-0.15, -0.1) is 0 Å². The first-order valence-corrected chi connectivity index (χ1v) is 5.96. The number of nitrogens with zero attached hydrogens (tertiary/aromatic N) is 2. The highest BCUT2D eigenvalue weighted by Gasteiger charge is 2.13. The summed E-state index contributed by atoms with van der Waals surface area (Å²) in [6.07, 6.45) is 2.30. The Morgan fingerprint density at radius 3 is 2.72 bits per heavy atom. The largest absolute Gasteiger partial charge is 0.373 e. The zero-order valence-electron chi connectivity index (χ0n) is 10.8. The van der Waals surface area contributed by atoms with Crippen molar-refractivity contribution in [1.29, 1.82) is 0 Å². The van der Waals surface area contributed by atoms with Gasteiger partial charge in [0, 0.05) is 18.2 Å². The van der Waals surface area contributed by atoms with Crippen molar-refractivity contribution < 1.29 is 4.39 Å². The van der Waals surface area contributed by atoms with E-state index in [1.165, 1.54) is 12.4 Å². The van der Waals surface area contributed by atoms with Crippen LogP contribution in [0.25, 0.3) is 11.3 Å². The van der Waals surface area contributed by atoms with E-state index in [9.17, 15) is 4.39 Å². The molecule has 0 saturated heterocycles. The first kappa shape index (κ1) is 12.5. The monoisotopic (exact) mass is 245 g/mol. The van der Waals surface area contributed by atoms with Crippen molar-refractivity contribution in [2.45, 2.75) is 20.3 Å². The Hall–Kier alpha value is -1.97. The predicted octanol–water partition coefficient (Wildman–Crippen LogP) is 3.20. The molecule has 3 nitrogen and oxygen atoms in total. The summed E-state index contributed by atoms with van der Waals surface area (Å²) in [7, 11) is 1.82. The third kappa shape index (κ3) is 2.06. The molecule has 1 aromatic carbocycles. The van der Waals surface area contributed by atoms with E-state index >= 15 is 0 Å². The minimum Gasteiger partial charge on any atom is -0.373 e. The Kier molecular flexibility index (Phi) is 3.55. The lowest BCUT2D eigenvalue weighted by Gasteiger charge is -2.13. The van der Waals surface area contributed by atoms with Crippen LogP contribution in [0.4, 0.5) is 10.2 Å². The van der Waals surface area contributed by atoms with Crippen LogP contribution in [0, 0.1) is 12.7 Å². The Morgan fingerprint density at radius 1 is 1.28 bits per heavy atom. The van der Waals surface area contributed by atoms with E-state index in [1.54, 1.807) is 13.0 Å². The van der Waals surface area contributed by atoms with E-state index < -0.39 is 0 Å². The highest BCUT2D eigenvalue weighted by Crippen LogP contribution is 2.29. The second-order valence-electron chi connectivity index (χ2n) is 4.07. The minimum atomic E-state index is -0.209. The summed E-state index contributed by atoms with van der Waals surface area (Å²) in [6.45, 7) is 3.81. The van der Waals surface area contributed by atoms with Crippen molar-refractivity contribution in [1.82, 2.24) is 9.97 Å². The fraction of sp³-hybridized carbons (Fsp3) is 0.286. The SMILES string of the molecule is CCc1c(NC)ncnc1-c1cccc(F)c1C. The van der Waals surface area contributed by atoms with Gasteiger partial charge < -0.3 is 5.32 Å². The van der Waals surface area contributed by atoms with Gasteiger partial charge in [-0.05, 0) is 25.0 Å². The van der Waals surface area contributed by atoms with E-state index in [-0.39, 0.29) is 5.82 Å². The normalized spacial score (nSPS) is 10.4. The van der Waals surface area contributed by atoms with Gasteiger partial charge in [0.15, 0.2) is 0 Å². The van der Waals surface area contributed by atoms with Crippen LogP contribution in [0.2, 0.25) is 0 Å². The molecule has 0 atom stereocenters. The maximum atomic E-state index is 13.6. The van der Waals surface area contributed by atoms with Crippen molar-refractivity contribution in [3.63, 3.8) is 0 Å². The summed E-state index contributed by atoms with van der Waals surface area (Å²) < 4.78 is 13.6. The van der Waals surface area contributed by atoms with Crippen LogP contribution in [0.3, 0.4) is 0 Å². The molecule has 0 saturated carbocycles. The molecule has 0 spiro atoms. The maximum Gasteiger partial charge on any atom is 0.132 e. The lowest BCUT2D eigenvalue weighted by molar-refractivity contribution is 0.619. The van der Waals surface area contributed by atoms with E-state index in [0.29, 0.717) is 5.56 Å². The van der Waals surface area contributed by atoms with Crippen LogP contribution < -0.4 is 5.32 Å². The molecule has 18 heavy (non-hydrogen) atoms. The fourth-order valence-electron chi connectivity index (χ4n) is 2.06. The number of aromatic nitrogens is 2. The molecular formula is C14H16FN3. The Morgan fingerprint density at radius 2 is 2.06 bits per heavy atom. The molecule has 0 aliphatic carbocycles. The number of anilines is 1. The quantitative estimate of drug-likeness (QED) is 0.902. The van der Waals surface area contributed by atoms with Crippen LogP contribution in [-0.2, 0) is 6.42 Å². The van der Waals surface area contributed by atoms with Crippen molar-refractivity contribution in [3.8, 4) is 11.3 Å². The molecule has 94 valence electrons. The molecule has 4 heteroatoms. The summed E-state index contributed by atoms with van der Waals surface area (Å²) >= 11 is 0. The average Bonchev–Trinajstić information content (AvgIpc) is 2.41. The molecule has 0 radical (unpaired) electrons. The first-order valence-electron chi connectivity index (χ1n) is 5.96. The van der Waals surface area contributed by atoms with E-state index in [2.05, 4.69) is 15.3 Å². The first-order chi connectivity index (χ1) is 8.69. The Labute approximate surface area is 106 Å². The Bertz CT molecular complexity index is 567. The standard InChI is InChI=1S/C14H16FN3/c1-4-10-13(17-8-18-14(10)16-3)11-6-5-7-12(15)9(11)2/h5-8H,4H2,1-3H3,(H,16,17,18). The molecule has 1 aromatic heterocycles. The average molecular weight is 245 g/mol. The van der Waals surface area contributed by atoms with E-state index in [1.807, 2.05) is 20.0 Å². The zero-order valence-corrected chi connectivity index (χ0v) is 10.8. The Balaban J connectivity index is 2.67. The van der Waals surface area contributed by atoms with Gasteiger partial charge >= 0.3 is 0 Å². The highest BCUT2D eigenvalue weighted by atomic mass is 19.1. The van der Waals surface area contributed by atoms with Crippen LogP contribution in [0.1, 0.15) is 18.1 Å². The smallest absolute Gasteiger partial charge is 0.132 e. The van der Waals surface area contributed by atoms with Crippen molar-refractivity contribution in [2.75, 3.05) is 12.4 Å². The van der Waals surface area contributed by atoms with E-state index in [0.717, 1.165) is 29.1 Å². The number of rotatable bonds is 3. The number of nitrogens with one attached hydrogen (secondary N) is 1. The lowest BCUT2D eigenvalue weighted by Crippen LogP contribution is -2.03. The summed E-state index contributed by atoms with van der Waals surface area (Å²) in [6, 6.07) is 5.06. The molecule has 0 bridgehead atoms.